The van der Waals surface area contributed by atoms with E-state index in [0.29, 0.717) is 24.5 Å². The van der Waals surface area contributed by atoms with Crippen molar-refractivity contribution in [1.29, 1.82) is 0 Å². The number of H-pyrrole nitrogens is 1. The summed E-state index contributed by atoms with van der Waals surface area (Å²) in [5, 5.41) is 1.25. The minimum Gasteiger partial charge on any atom is -0.358 e. The molecule has 1 unspecified atom stereocenters. The van der Waals surface area contributed by atoms with E-state index in [1.54, 1.807) is 0 Å². The van der Waals surface area contributed by atoms with Gasteiger partial charge < -0.3 is 4.98 Å². The Morgan fingerprint density at radius 2 is 2.06 bits per heavy atom. The third kappa shape index (κ3) is 2.26. The lowest BCUT2D eigenvalue weighted by atomic mass is 9.92. The standard InChI is InChI=1S/C15H19NO/c1-4-12(17)9-10(2)15-11(3)16-14-8-6-5-7-13(14)15/h5-8,10,16H,4,9H2,1-3H3. The Labute approximate surface area is 102 Å². The van der Waals surface area contributed by atoms with Crippen molar-refractivity contribution >= 4 is 16.7 Å². The van der Waals surface area contributed by atoms with E-state index in [4.69, 9.17) is 0 Å². The molecule has 0 amide bonds. The van der Waals surface area contributed by atoms with Crippen LogP contribution >= 0.6 is 0 Å². The summed E-state index contributed by atoms with van der Waals surface area (Å²) in [6, 6.07) is 8.29. The van der Waals surface area contributed by atoms with Crippen molar-refractivity contribution in [3.05, 3.63) is 35.5 Å². The van der Waals surface area contributed by atoms with Crippen LogP contribution in [0.3, 0.4) is 0 Å². The first-order chi connectivity index (χ1) is 8.13. The first kappa shape index (κ1) is 11.9. The Morgan fingerprint density at radius 1 is 1.35 bits per heavy atom. The summed E-state index contributed by atoms with van der Waals surface area (Å²) < 4.78 is 0. The van der Waals surface area contributed by atoms with Crippen LogP contribution in [0, 0.1) is 6.92 Å². The molecular formula is C15H19NO. The molecule has 2 rings (SSSR count). The second kappa shape index (κ2) is 4.74. The van der Waals surface area contributed by atoms with Gasteiger partial charge in [-0.15, -0.1) is 0 Å². The van der Waals surface area contributed by atoms with Crippen molar-refractivity contribution in [3.8, 4) is 0 Å². The lowest BCUT2D eigenvalue weighted by Gasteiger charge is -2.10. The monoisotopic (exact) mass is 229 g/mol. The van der Waals surface area contributed by atoms with Crippen molar-refractivity contribution in [2.45, 2.75) is 39.5 Å². The van der Waals surface area contributed by atoms with Crippen LogP contribution in [-0.4, -0.2) is 10.8 Å². The number of benzene rings is 1. The number of carbonyl (C=O) groups excluding carboxylic acids is 1. The third-order valence-corrected chi connectivity index (χ3v) is 3.36. The number of nitrogens with one attached hydrogen (secondary N) is 1. The summed E-state index contributed by atoms with van der Waals surface area (Å²) in [7, 11) is 0. The minimum atomic E-state index is 0.290. The molecule has 1 N–H and O–H groups in total. The smallest absolute Gasteiger partial charge is 0.133 e. The number of aromatic nitrogens is 1. The van der Waals surface area contributed by atoms with Gasteiger partial charge in [-0.3, -0.25) is 4.79 Å². The lowest BCUT2D eigenvalue weighted by molar-refractivity contribution is -0.119. The zero-order valence-electron chi connectivity index (χ0n) is 10.7. The maximum atomic E-state index is 11.6. The summed E-state index contributed by atoms with van der Waals surface area (Å²) in [4.78, 5) is 14.9. The van der Waals surface area contributed by atoms with Gasteiger partial charge in [-0.05, 0) is 24.5 Å². The molecule has 0 fully saturated rings. The molecule has 1 heterocycles. The Hall–Kier alpha value is -1.57. The number of ketones is 1. The fraction of sp³-hybridized carbons (Fsp3) is 0.400. The Bertz CT molecular complexity index is 539. The van der Waals surface area contributed by atoms with Gasteiger partial charge in [0.05, 0.1) is 0 Å². The average Bonchev–Trinajstić information content (AvgIpc) is 2.64. The normalized spacial score (nSPS) is 12.9. The summed E-state index contributed by atoms with van der Waals surface area (Å²) >= 11 is 0. The second-order valence-corrected chi connectivity index (χ2v) is 4.71. The van der Waals surface area contributed by atoms with Crippen molar-refractivity contribution in [2.75, 3.05) is 0 Å². The van der Waals surface area contributed by atoms with Crippen LogP contribution < -0.4 is 0 Å². The highest BCUT2D eigenvalue weighted by Crippen LogP contribution is 2.31. The quantitative estimate of drug-likeness (QED) is 0.846. The minimum absolute atomic E-state index is 0.290. The van der Waals surface area contributed by atoms with Gasteiger partial charge in [-0.1, -0.05) is 32.0 Å². The van der Waals surface area contributed by atoms with E-state index in [2.05, 4.69) is 31.0 Å². The van der Waals surface area contributed by atoms with Gasteiger partial charge in [0.1, 0.15) is 5.78 Å². The second-order valence-electron chi connectivity index (χ2n) is 4.71. The number of hydrogen-bond donors (Lipinski definition) is 1. The average molecular weight is 229 g/mol. The van der Waals surface area contributed by atoms with Gasteiger partial charge in [0.2, 0.25) is 0 Å². The summed E-state index contributed by atoms with van der Waals surface area (Å²) in [5.41, 5.74) is 3.64. The molecule has 0 bridgehead atoms. The number of aryl methyl sites for hydroxylation is 1. The molecule has 0 saturated heterocycles. The molecule has 90 valence electrons. The van der Waals surface area contributed by atoms with Crippen LogP contribution in [0.1, 0.15) is 43.9 Å². The molecule has 1 aromatic heterocycles. The van der Waals surface area contributed by atoms with Crippen molar-refractivity contribution < 1.29 is 4.79 Å². The first-order valence-corrected chi connectivity index (χ1v) is 6.22. The van der Waals surface area contributed by atoms with Crippen molar-refractivity contribution in [2.24, 2.45) is 0 Å². The van der Waals surface area contributed by atoms with Crippen LogP contribution in [0.2, 0.25) is 0 Å². The van der Waals surface area contributed by atoms with Crippen LogP contribution in [-0.2, 0) is 4.79 Å². The zero-order chi connectivity index (χ0) is 12.4. The highest BCUT2D eigenvalue weighted by molar-refractivity contribution is 5.86. The predicted molar refractivity (Wildman–Crippen MR) is 71.4 cm³/mol. The Morgan fingerprint density at radius 3 is 2.76 bits per heavy atom. The third-order valence-electron chi connectivity index (χ3n) is 3.36. The molecule has 0 radical (unpaired) electrons. The van der Waals surface area contributed by atoms with Crippen LogP contribution in [0.4, 0.5) is 0 Å². The summed E-state index contributed by atoms with van der Waals surface area (Å²) in [6.45, 7) is 6.15. The maximum Gasteiger partial charge on any atom is 0.133 e. The molecule has 0 aliphatic rings. The highest BCUT2D eigenvalue weighted by Gasteiger charge is 2.16. The number of carbonyl (C=O) groups is 1. The van der Waals surface area contributed by atoms with Gasteiger partial charge in [0, 0.05) is 29.4 Å². The van der Waals surface area contributed by atoms with Crippen LogP contribution in [0.25, 0.3) is 10.9 Å². The number of aromatic amines is 1. The van der Waals surface area contributed by atoms with Crippen molar-refractivity contribution in [1.82, 2.24) is 4.98 Å². The van der Waals surface area contributed by atoms with E-state index in [9.17, 15) is 4.79 Å². The molecule has 1 aromatic carbocycles. The summed E-state index contributed by atoms with van der Waals surface area (Å²) in [6.07, 6.45) is 1.27. The maximum absolute atomic E-state index is 11.6. The molecule has 2 nitrogen and oxygen atoms in total. The molecule has 0 saturated carbocycles. The highest BCUT2D eigenvalue weighted by atomic mass is 16.1. The van der Waals surface area contributed by atoms with E-state index >= 15 is 0 Å². The van der Waals surface area contributed by atoms with Crippen LogP contribution in [0.5, 0.6) is 0 Å². The molecular weight excluding hydrogens is 210 g/mol. The largest absolute Gasteiger partial charge is 0.358 e. The van der Waals surface area contributed by atoms with E-state index in [0.717, 1.165) is 5.52 Å². The van der Waals surface area contributed by atoms with Gasteiger partial charge in [-0.2, -0.15) is 0 Å². The van der Waals surface area contributed by atoms with Gasteiger partial charge in [0.25, 0.3) is 0 Å². The number of rotatable bonds is 4. The van der Waals surface area contributed by atoms with E-state index in [1.165, 1.54) is 16.6 Å². The molecule has 0 aliphatic heterocycles. The number of Topliss-reactive ketones (excluding diaryl/α,β-unsaturated/α-hetero) is 1. The molecule has 2 heteroatoms. The summed E-state index contributed by atoms with van der Waals surface area (Å²) in [5.74, 6) is 0.626. The zero-order valence-corrected chi connectivity index (χ0v) is 10.7. The van der Waals surface area contributed by atoms with E-state index in [1.807, 2.05) is 19.1 Å². The topological polar surface area (TPSA) is 32.9 Å². The molecule has 1 atom stereocenters. The van der Waals surface area contributed by atoms with E-state index < -0.39 is 0 Å². The fourth-order valence-corrected chi connectivity index (χ4v) is 2.52. The Kier molecular flexibility index (Phi) is 3.32. The SMILES string of the molecule is CCC(=O)CC(C)c1c(C)[nH]c2ccccc12. The number of fused-ring (bicyclic) bond motifs is 1. The van der Waals surface area contributed by atoms with E-state index in [-0.39, 0.29) is 0 Å². The van der Waals surface area contributed by atoms with Gasteiger partial charge >= 0.3 is 0 Å². The molecule has 2 aromatic rings. The fourth-order valence-electron chi connectivity index (χ4n) is 2.52. The van der Waals surface area contributed by atoms with Crippen LogP contribution in [0.15, 0.2) is 24.3 Å². The first-order valence-electron chi connectivity index (χ1n) is 6.22. The van der Waals surface area contributed by atoms with Crippen molar-refractivity contribution in [3.63, 3.8) is 0 Å². The van der Waals surface area contributed by atoms with Gasteiger partial charge in [-0.25, -0.2) is 0 Å². The molecule has 0 aliphatic carbocycles. The Balaban J connectivity index is 2.40. The van der Waals surface area contributed by atoms with Gasteiger partial charge in [0.15, 0.2) is 0 Å². The lowest BCUT2D eigenvalue weighted by Crippen LogP contribution is -2.03. The molecule has 0 spiro atoms. The molecule has 17 heavy (non-hydrogen) atoms. The number of para-hydroxylation sites is 1. The number of hydrogen-bond acceptors (Lipinski definition) is 1. The predicted octanol–water partition coefficient (Wildman–Crippen LogP) is 3.95.